The maximum absolute atomic E-state index is 13.0. The van der Waals surface area contributed by atoms with Crippen LogP contribution in [0.5, 0.6) is 5.75 Å². The van der Waals surface area contributed by atoms with Crippen molar-refractivity contribution in [1.29, 1.82) is 0 Å². The zero-order valence-corrected chi connectivity index (χ0v) is 17.3. The van der Waals surface area contributed by atoms with Crippen molar-refractivity contribution in [3.05, 3.63) is 84.2 Å². The molecule has 0 bridgehead atoms. The van der Waals surface area contributed by atoms with Crippen molar-refractivity contribution in [1.82, 2.24) is 0 Å². The first-order valence-electron chi connectivity index (χ1n) is 9.23. The van der Waals surface area contributed by atoms with Crippen LogP contribution in [0.2, 0.25) is 0 Å². The van der Waals surface area contributed by atoms with Crippen molar-refractivity contribution < 1.29 is 18.7 Å². The molecule has 0 aromatic heterocycles. The van der Waals surface area contributed by atoms with Gasteiger partial charge in [0.2, 0.25) is 5.91 Å². The Morgan fingerprint density at radius 2 is 1.67 bits per heavy atom. The predicted octanol–water partition coefficient (Wildman–Crippen LogP) is 5.21. The Hall–Kier alpha value is -3.32. The van der Waals surface area contributed by atoms with Crippen molar-refractivity contribution in [3.8, 4) is 5.75 Å². The van der Waals surface area contributed by atoms with Crippen LogP contribution in [0.1, 0.15) is 17.3 Å². The summed E-state index contributed by atoms with van der Waals surface area (Å²) in [6.07, 6.45) is 0. The maximum Gasteiger partial charge on any atom is 0.255 e. The first-order valence-corrected chi connectivity index (χ1v) is 10.1. The van der Waals surface area contributed by atoms with Crippen LogP contribution in [0.4, 0.5) is 15.8 Å². The van der Waals surface area contributed by atoms with E-state index < -0.39 is 0 Å². The maximum atomic E-state index is 13.0. The zero-order valence-electron chi connectivity index (χ0n) is 16.5. The number of methoxy groups -OCH3 is 1. The Balaban J connectivity index is 1.62. The summed E-state index contributed by atoms with van der Waals surface area (Å²) < 4.78 is 18.1. The molecule has 0 radical (unpaired) electrons. The standard InChI is InChI=1S/C23H21FN2O3S/c1-15(22(27)25-18-11-9-17(24)10-12-18)30-21-8-4-6-19(14-21)26-23(28)16-5-3-7-20(13-16)29-2/h3-15H,1-2H3,(H,25,27)(H,26,28). The predicted molar refractivity (Wildman–Crippen MR) is 118 cm³/mol. The molecular formula is C23H21FN2O3S. The highest BCUT2D eigenvalue weighted by Gasteiger charge is 2.15. The molecule has 0 saturated carbocycles. The highest BCUT2D eigenvalue weighted by Crippen LogP contribution is 2.27. The Morgan fingerprint density at radius 1 is 0.933 bits per heavy atom. The summed E-state index contributed by atoms with van der Waals surface area (Å²) in [6, 6.07) is 19.8. The lowest BCUT2D eigenvalue weighted by molar-refractivity contribution is -0.115. The fourth-order valence-electron chi connectivity index (χ4n) is 2.65. The molecule has 30 heavy (non-hydrogen) atoms. The van der Waals surface area contributed by atoms with Crippen LogP contribution < -0.4 is 15.4 Å². The highest BCUT2D eigenvalue weighted by atomic mass is 32.2. The van der Waals surface area contributed by atoms with Crippen LogP contribution >= 0.6 is 11.8 Å². The summed E-state index contributed by atoms with van der Waals surface area (Å²) >= 11 is 1.36. The number of hydrogen-bond donors (Lipinski definition) is 2. The number of carbonyl (C=O) groups excluding carboxylic acids is 2. The highest BCUT2D eigenvalue weighted by molar-refractivity contribution is 8.00. The lowest BCUT2D eigenvalue weighted by atomic mass is 10.2. The molecule has 3 aromatic rings. The lowest BCUT2D eigenvalue weighted by Crippen LogP contribution is -2.22. The number of benzene rings is 3. The van der Waals surface area contributed by atoms with Gasteiger partial charge in [0.25, 0.3) is 5.91 Å². The number of carbonyl (C=O) groups is 2. The molecule has 0 spiro atoms. The van der Waals surface area contributed by atoms with Crippen LogP contribution in [0.25, 0.3) is 0 Å². The largest absolute Gasteiger partial charge is 0.497 e. The monoisotopic (exact) mass is 424 g/mol. The summed E-state index contributed by atoms with van der Waals surface area (Å²) in [6.45, 7) is 1.78. The third kappa shape index (κ3) is 5.84. The average Bonchev–Trinajstić information content (AvgIpc) is 2.75. The smallest absolute Gasteiger partial charge is 0.255 e. The Morgan fingerprint density at radius 3 is 2.40 bits per heavy atom. The van der Waals surface area contributed by atoms with Crippen molar-refractivity contribution in [2.45, 2.75) is 17.1 Å². The normalized spacial score (nSPS) is 11.4. The van der Waals surface area contributed by atoms with Crippen LogP contribution in [-0.2, 0) is 4.79 Å². The van der Waals surface area contributed by atoms with Gasteiger partial charge >= 0.3 is 0 Å². The topological polar surface area (TPSA) is 67.4 Å². The zero-order chi connectivity index (χ0) is 21.5. The third-order valence-electron chi connectivity index (χ3n) is 4.22. The van der Waals surface area contributed by atoms with E-state index in [0.29, 0.717) is 22.7 Å². The number of ether oxygens (including phenoxy) is 1. The van der Waals surface area contributed by atoms with E-state index >= 15 is 0 Å². The van der Waals surface area contributed by atoms with Crippen LogP contribution in [-0.4, -0.2) is 24.2 Å². The molecule has 1 atom stereocenters. The molecule has 2 N–H and O–H groups in total. The van der Waals surface area contributed by atoms with Gasteiger partial charge in [-0.3, -0.25) is 9.59 Å². The van der Waals surface area contributed by atoms with E-state index in [1.54, 1.807) is 44.4 Å². The van der Waals surface area contributed by atoms with E-state index in [4.69, 9.17) is 4.74 Å². The van der Waals surface area contributed by atoms with Crippen molar-refractivity contribution in [3.63, 3.8) is 0 Å². The van der Waals surface area contributed by atoms with Gasteiger partial charge in [-0.1, -0.05) is 12.1 Å². The molecule has 0 saturated heterocycles. The molecule has 0 fully saturated rings. The van der Waals surface area contributed by atoms with Gasteiger partial charge in [-0.15, -0.1) is 11.8 Å². The van der Waals surface area contributed by atoms with Gasteiger partial charge in [0, 0.05) is 21.8 Å². The first kappa shape index (κ1) is 21.4. The van der Waals surface area contributed by atoms with Gasteiger partial charge in [-0.05, 0) is 67.6 Å². The summed E-state index contributed by atoms with van der Waals surface area (Å²) in [5.41, 5.74) is 1.64. The van der Waals surface area contributed by atoms with Crippen LogP contribution in [0.3, 0.4) is 0 Å². The quantitative estimate of drug-likeness (QED) is 0.511. The minimum Gasteiger partial charge on any atom is -0.497 e. The van der Waals surface area contributed by atoms with Gasteiger partial charge in [0.1, 0.15) is 11.6 Å². The number of halogens is 1. The third-order valence-corrected chi connectivity index (χ3v) is 5.31. The molecule has 154 valence electrons. The number of nitrogens with one attached hydrogen (secondary N) is 2. The van der Waals surface area contributed by atoms with Crippen molar-refractivity contribution in [2.24, 2.45) is 0 Å². The molecule has 5 nitrogen and oxygen atoms in total. The summed E-state index contributed by atoms with van der Waals surface area (Å²) in [5, 5.41) is 5.22. The van der Waals surface area contributed by atoms with Crippen molar-refractivity contribution in [2.75, 3.05) is 17.7 Å². The molecular weight excluding hydrogens is 403 g/mol. The molecule has 3 rings (SSSR count). The summed E-state index contributed by atoms with van der Waals surface area (Å²) in [5.74, 6) is -0.202. The Bertz CT molecular complexity index is 1040. The minimum absolute atomic E-state index is 0.197. The molecule has 1 unspecified atom stereocenters. The van der Waals surface area contributed by atoms with E-state index in [1.165, 1.54) is 36.0 Å². The van der Waals surface area contributed by atoms with Crippen LogP contribution in [0.15, 0.2) is 77.7 Å². The fourth-order valence-corrected chi connectivity index (χ4v) is 3.58. The Labute approximate surface area is 178 Å². The number of amides is 2. The lowest BCUT2D eigenvalue weighted by Gasteiger charge is -2.13. The van der Waals surface area contributed by atoms with E-state index in [-0.39, 0.29) is 22.9 Å². The molecule has 2 amide bonds. The minimum atomic E-state index is -0.389. The van der Waals surface area contributed by atoms with E-state index in [9.17, 15) is 14.0 Å². The molecule has 0 heterocycles. The fraction of sp³-hybridized carbons (Fsp3) is 0.130. The van der Waals surface area contributed by atoms with E-state index in [1.807, 2.05) is 18.2 Å². The Kier molecular flexibility index (Phi) is 7.08. The molecule has 3 aromatic carbocycles. The second kappa shape index (κ2) is 9.93. The van der Waals surface area contributed by atoms with Gasteiger partial charge in [-0.25, -0.2) is 4.39 Å². The van der Waals surface area contributed by atoms with Gasteiger partial charge in [-0.2, -0.15) is 0 Å². The SMILES string of the molecule is COc1cccc(C(=O)Nc2cccc(SC(C)C(=O)Nc3ccc(F)cc3)c2)c1. The van der Waals surface area contributed by atoms with E-state index in [0.717, 1.165) is 4.90 Å². The van der Waals surface area contributed by atoms with E-state index in [2.05, 4.69) is 10.6 Å². The summed E-state index contributed by atoms with van der Waals surface area (Å²) in [4.78, 5) is 25.7. The molecule has 7 heteroatoms. The van der Waals surface area contributed by atoms with Crippen molar-refractivity contribution >= 4 is 35.0 Å². The molecule has 0 aliphatic carbocycles. The van der Waals surface area contributed by atoms with Crippen LogP contribution in [0, 0.1) is 5.82 Å². The van der Waals surface area contributed by atoms with Gasteiger partial charge in [0.15, 0.2) is 0 Å². The second-order valence-corrected chi connectivity index (χ2v) is 7.88. The first-order chi connectivity index (χ1) is 14.4. The average molecular weight is 424 g/mol. The molecule has 0 aliphatic rings. The molecule has 0 aliphatic heterocycles. The summed E-state index contributed by atoms with van der Waals surface area (Å²) in [7, 11) is 1.55. The van der Waals surface area contributed by atoms with Gasteiger partial charge in [0.05, 0.1) is 12.4 Å². The number of thioether (sulfide) groups is 1. The number of rotatable bonds is 7. The second-order valence-electron chi connectivity index (χ2n) is 6.47. The number of anilines is 2. The number of hydrogen-bond acceptors (Lipinski definition) is 4. The van der Waals surface area contributed by atoms with Gasteiger partial charge < -0.3 is 15.4 Å².